The maximum atomic E-state index is 2.83. The molecule has 0 amide bonds. The highest BCUT2D eigenvalue weighted by Gasteiger charge is 2.59. The molecule has 6 aromatic rings. The van der Waals surface area contributed by atoms with Crippen LogP contribution in [0, 0.1) is 6.92 Å². The first-order valence-electron chi connectivity index (χ1n) is 24.3. The van der Waals surface area contributed by atoms with Crippen LogP contribution in [0.3, 0.4) is 0 Å². The Morgan fingerprint density at radius 3 is 1.59 bits per heavy atom. The van der Waals surface area contributed by atoms with E-state index in [-0.39, 0.29) is 33.9 Å². The van der Waals surface area contributed by atoms with Crippen molar-refractivity contribution >= 4 is 87.0 Å². The van der Waals surface area contributed by atoms with Crippen molar-refractivity contribution in [2.24, 2.45) is 0 Å². The van der Waals surface area contributed by atoms with Crippen molar-refractivity contribution in [1.29, 1.82) is 0 Å². The third-order valence-corrected chi connectivity index (χ3v) is 20.4. The van der Waals surface area contributed by atoms with Crippen LogP contribution in [0.1, 0.15) is 130 Å². The normalized spacial score (nSPS) is 21.5. The molecule has 1 saturated carbocycles. The second-order valence-electron chi connectivity index (χ2n) is 24.3. The van der Waals surface area contributed by atoms with Gasteiger partial charge in [0.25, 0.3) is 6.71 Å². The van der Waals surface area contributed by atoms with E-state index < -0.39 is 8.07 Å². The Hall–Kier alpha value is -5.00. The predicted molar refractivity (Wildman–Crippen MR) is 281 cm³/mol. The maximum Gasteiger partial charge on any atom is 0.251 e. The molecule has 1 fully saturated rings. The monoisotopic (exact) mass is 858 g/mol. The lowest BCUT2D eigenvalue weighted by Gasteiger charge is -2.52. The average Bonchev–Trinajstić information content (AvgIpc) is 3.44. The summed E-state index contributed by atoms with van der Waals surface area (Å²) < 4.78 is 0. The molecule has 3 nitrogen and oxygen atoms in total. The minimum Gasteiger partial charge on any atom is -0.334 e. The van der Waals surface area contributed by atoms with Crippen molar-refractivity contribution < 1.29 is 0 Å². The fourth-order valence-corrected chi connectivity index (χ4v) is 16.3. The molecule has 4 aliphatic heterocycles. The van der Waals surface area contributed by atoms with Crippen LogP contribution in [0.25, 0.3) is 0 Å². The van der Waals surface area contributed by atoms with Crippen LogP contribution >= 0.6 is 0 Å². The van der Waals surface area contributed by atoms with Gasteiger partial charge in [0.1, 0.15) is 8.07 Å². The molecule has 0 spiro atoms. The van der Waals surface area contributed by atoms with Gasteiger partial charge in [-0.2, -0.15) is 0 Å². The molecular formula is C59H68BN3Si. The van der Waals surface area contributed by atoms with Crippen molar-refractivity contribution in [3.63, 3.8) is 0 Å². The van der Waals surface area contributed by atoms with Gasteiger partial charge in [0.05, 0.1) is 5.54 Å². The van der Waals surface area contributed by atoms with Gasteiger partial charge in [0.15, 0.2) is 0 Å². The van der Waals surface area contributed by atoms with E-state index in [0.717, 1.165) is 6.42 Å². The summed E-state index contributed by atoms with van der Waals surface area (Å²) in [6.45, 7) is 33.9. The number of aryl methyl sites for hydroxylation is 1. The zero-order chi connectivity index (χ0) is 45.3. The Balaban J connectivity index is 1.26. The number of hydrogen-bond donors (Lipinski definition) is 0. The van der Waals surface area contributed by atoms with Crippen molar-refractivity contribution in [1.82, 2.24) is 0 Å². The molecule has 6 aromatic carbocycles. The molecule has 5 heteroatoms. The van der Waals surface area contributed by atoms with Crippen molar-refractivity contribution in [3.8, 4) is 0 Å². The highest BCUT2D eigenvalue weighted by molar-refractivity contribution is 7.16. The summed E-state index contributed by atoms with van der Waals surface area (Å²) in [6.07, 6.45) is 4.87. The van der Waals surface area contributed by atoms with Gasteiger partial charge in [-0.25, -0.2) is 0 Å². The second-order valence-corrected chi connectivity index (χ2v) is 28.7. The highest BCUT2D eigenvalue weighted by Crippen LogP contribution is 2.62. The van der Waals surface area contributed by atoms with Crippen molar-refractivity contribution in [3.05, 3.63) is 137 Å². The molecule has 2 atom stereocenters. The Morgan fingerprint density at radius 1 is 0.500 bits per heavy atom. The Morgan fingerprint density at radius 2 is 1.02 bits per heavy atom. The lowest BCUT2D eigenvalue weighted by atomic mass is 9.33. The molecule has 11 rings (SSSR count). The minimum atomic E-state index is -2.16. The molecule has 5 aliphatic rings. The molecule has 0 N–H and O–H groups in total. The molecule has 0 bridgehead atoms. The van der Waals surface area contributed by atoms with Gasteiger partial charge < -0.3 is 14.7 Å². The fourth-order valence-electron chi connectivity index (χ4n) is 13.0. The fraction of sp³-hybridized carbons (Fsp3) is 0.390. The number of rotatable bonds is 3. The third kappa shape index (κ3) is 5.64. The van der Waals surface area contributed by atoms with Crippen LogP contribution in [-0.4, -0.2) is 20.3 Å². The molecule has 4 heterocycles. The lowest BCUT2D eigenvalue weighted by molar-refractivity contribution is 0.195. The van der Waals surface area contributed by atoms with E-state index in [2.05, 4.69) is 220 Å². The van der Waals surface area contributed by atoms with Crippen LogP contribution in [0.2, 0.25) is 13.1 Å². The van der Waals surface area contributed by atoms with Crippen LogP contribution in [-0.2, 0) is 21.7 Å². The zero-order valence-corrected chi connectivity index (χ0v) is 42.1. The number of benzene rings is 6. The van der Waals surface area contributed by atoms with Gasteiger partial charge in [0, 0.05) is 50.9 Å². The summed E-state index contributed by atoms with van der Waals surface area (Å²) >= 11 is 0. The van der Waals surface area contributed by atoms with Crippen molar-refractivity contribution in [2.45, 2.75) is 149 Å². The van der Waals surface area contributed by atoms with Gasteiger partial charge in [-0.1, -0.05) is 160 Å². The number of fused-ring (bicyclic) bond motifs is 3. The summed E-state index contributed by atoms with van der Waals surface area (Å²) in [5, 5.41) is 3.17. The quantitative estimate of drug-likeness (QED) is 0.164. The summed E-state index contributed by atoms with van der Waals surface area (Å²) in [5.41, 5.74) is 22.0. The standard InChI is InChI=1S/C59H68BN3Si/c1-37-32-47-54-51(33-37)64(13,14)50-19-17-18-46-53(50)60(54)52-48(61(46)41-25-20-38(21-26-41)55(2,3)4)35-43(36-49(52)62(47)42-27-22-39(23-28-42)56(5,6)7)63-45-29-24-40(57(8,9)10)34-44(45)58(11)30-15-16-31-59(58,63)12/h17-29,32-36H,15-16,30-31H2,1-14H3. The highest BCUT2D eigenvalue weighted by atomic mass is 28.3. The number of nitrogens with zero attached hydrogens (tertiary/aromatic N) is 3. The van der Waals surface area contributed by atoms with E-state index in [4.69, 9.17) is 0 Å². The third-order valence-electron chi connectivity index (χ3n) is 16.9. The van der Waals surface area contributed by atoms with Gasteiger partial charge in [-0.3, -0.25) is 0 Å². The Kier molecular flexibility index (Phi) is 8.67. The predicted octanol–water partition coefficient (Wildman–Crippen LogP) is 12.8. The molecule has 0 aromatic heterocycles. The van der Waals surface area contributed by atoms with E-state index in [1.54, 1.807) is 10.4 Å². The van der Waals surface area contributed by atoms with E-state index >= 15 is 0 Å². The first kappa shape index (κ1) is 41.7. The van der Waals surface area contributed by atoms with Crippen LogP contribution in [0.5, 0.6) is 0 Å². The molecule has 2 unspecified atom stereocenters. The van der Waals surface area contributed by atoms with Crippen LogP contribution in [0.15, 0.2) is 109 Å². The summed E-state index contributed by atoms with van der Waals surface area (Å²) in [6, 6.07) is 44.3. The molecule has 0 radical (unpaired) electrons. The average molecular weight is 858 g/mol. The van der Waals surface area contributed by atoms with E-state index in [1.807, 2.05) is 0 Å². The maximum absolute atomic E-state index is 2.83. The van der Waals surface area contributed by atoms with Crippen LogP contribution < -0.4 is 41.5 Å². The van der Waals surface area contributed by atoms with Gasteiger partial charge in [0.2, 0.25) is 0 Å². The van der Waals surface area contributed by atoms with E-state index in [9.17, 15) is 0 Å². The molecule has 326 valence electrons. The van der Waals surface area contributed by atoms with Crippen molar-refractivity contribution in [2.75, 3.05) is 14.7 Å². The first-order chi connectivity index (χ1) is 30.0. The zero-order valence-electron chi connectivity index (χ0n) is 41.1. The first-order valence-corrected chi connectivity index (χ1v) is 27.3. The summed E-state index contributed by atoms with van der Waals surface area (Å²) in [4.78, 5) is 8.18. The number of anilines is 8. The second kappa shape index (κ2) is 13.3. The molecular weight excluding hydrogens is 790 g/mol. The molecule has 64 heavy (non-hydrogen) atoms. The molecule has 0 saturated heterocycles. The largest absolute Gasteiger partial charge is 0.334 e. The van der Waals surface area contributed by atoms with Crippen LogP contribution in [0.4, 0.5) is 45.5 Å². The minimum absolute atomic E-state index is 0.0135. The topological polar surface area (TPSA) is 9.72 Å². The summed E-state index contributed by atoms with van der Waals surface area (Å²) in [5.74, 6) is 0. The SMILES string of the molecule is Cc1cc2c3c(c1)[Si](C)(C)c1cccc4c1B3c1c(cc(N3c5ccc(C(C)(C)C)cc5C5(C)CCCCC35C)cc1N2c1ccc(C(C)(C)C)cc1)N4c1ccc(C(C)(C)C)cc1. The Bertz CT molecular complexity index is 2920. The van der Waals surface area contributed by atoms with Gasteiger partial charge in [-0.15, -0.1) is 0 Å². The smallest absolute Gasteiger partial charge is 0.251 e. The van der Waals surface area contributed by atoms with E-state index in [0.29, 0.717) is 0 Å². The molecule has 1 aliphatic carbocycles. The van der Waals surface area contributed by atoms with Gasteiger partial charge in [-0.05, 0) is 142 Å². The lowest BCUT2D eigenvalue weighted by Crippen LogP contribution is -2.79. The number of hydrogen-bond acceptors (Lipinski definition) is 3. The van der Waals surface area contributed by atoms with E-state index in [1.165, 1.54) is 109 Å². The summed E-state index contributed by atoms with van der Waals surface area (Å²) in [7, 11) is -2.16. The van der Waals surface area contributed by atoms with Gasteiger partial charge >= 0.3 is 0 Å². The Labute approximate surface area is 386 Å².